The first-order chi connectivity index (χ1) is 16.4. The summed E-state index contributed by atoms with van der Waals surface area (Å²) >= 11 is 0. The number of hydrogen-bond donors (Lipinski definition) is 1. The highest BCUT2D eigenvalue weighted by Crippen LogP contribution is 2.47. The molecule has 6 nitrogen and oxygen atoms in total. The molecular weight excluding hydrogens is 457 g/mol. The number of benzene rings is 1. The first kappa shape index (κ1) is 25.3. The molecule has 0 aromatic heterocycles. The summed E-state index contributed by atoms with van der Waals surface area (Å²) in [5.74, 6) is -0.0393. The van der Waals surface area contributed by atoms with Crippen molar-refractivity contribution in [3.05, 3.63) is 29.3 Å². The summed E-state index contributed by atoms with van der Waals surface area (Å²) in [5.41, 5.74) is -1.81. The van der Waals surface area contributed by atoms with Crippen molar-refractivity contribution in [2.45, 2.75) is 77.6 Å². The highest BCUT2D eigenvalue weighted by atomic mass is 19.4. The van der Waals surface area contributed by atoms with Gasteiger partial charge < -0.3 is 15.1 Å². The molecule has 190 valence electrons. The fraction of sp³-hybridized carbons (Fsp3) is 0.654. The van der Waals surface area contributed by atoms with Gasteiger partial charge in [-0.2, -0.15) is 18.4 Å². The molecule has 2 amide bonds. The van der Waals surface area contributed by atoms with Crippen LogP contribution in [0.1, 0.15) is 70.4 Å². The number of alkyl halides is 3. The topological polar surface area (TPSA) is 76.4 Å². The van der Waals surface area contributed by atoms with Crippen LogP contribution in [0, 0.1) is 22.2 Å². The summed E-state index contributed by atoms with van der Waals surface area (Å²) in [6, 6.07) is 4.87. The zero-order valence-electron chi connectivity index (χ0n) is 20.5. The fourth-order valence-corrected chi connectivity index (χ4v) is 5.26. The van der Waals surface area contributed by atoms with E-state index in [0.29, 0.717) is 44.6 Å². The third-order valence-corrected chi connectivity index (χ3v) is 8.07. The van der Waals surface area contributed by atoms with Crippen LogP contribution in [0.4, 0.5) is 18.9 Å². The maximum Gasteiger partial charge on any atom is 0.417 e. The lowest BCUT2D eigenvalue weighted by Gasteiger charge is -2.41. The number of rotatable bonds is 5. The van der Waals surface area contributed by atoms with Crippen LogP contribution in [0.2, 0.25) is 0 Å². The van der Waals surface area contributed by atoms with Crippen molar-refractivity contribution >= 4 is 17.5 Å². The van der Waals surface area contributed by atoms with Crippen molar-refractivity contribution < 1.29 is 22.8 Å². The highest BCUT2D eigenvalue weighted by Gasteiger charge is 2.50. The van der Waals surface area contributed by atoms with E-state index in [1.54, 1.807) is 11.0 Å². The Hall–Kier alpha value is -2.76. The molecular formula is C26H33F3N4O2. The molecule has 1 aliphatic carbocycles. The highest BCUT2D eigenvalue weighted by molar-refractivity contribution is 5.87. The van der Waals surface area contributed by atoms with Crippen molar-refractivity contribution in [3.63, 3.8) is 0 Å². The van der Waals surface area contributed by atoms with Crippen molar-refractivity contribution in [3.8, 4) is 6.07 Å². The Morgan fingerprint density at radius 3 is 2.40 bits per heavy atom. The van der Waals surface area contributed by atoms with Crippen molar-refractivity contribution in [2.24, 2.45) is 10.8 Å². The molecule has 1 saturated carbocycles. The van der Waals surface area contributed by atoms with Gasteiger partial charge in [0.25, 0.3) is 0 Å². The molecule has 3 fully saturated rings. The first-order valence-corrected chi connectivity index (χ1v) is 12.4. The summed E-state index contributed by atoms with van der Waals surface area (Å²) in [6.45, 7) is 7.48. The standard InChI is InChI=1S/C26H33F3N4O2/c1-4-24(2,3)23(35)32-11-9-25(10-12-32)14-21(22(34)31-18-6-7-18)33(16-25)19-8-5-17(15-30)20(13-19)26(27,28)29/h5,8,13,18,21H,4,6-7,9-12,14,16H2,1-3H3,(H,31,34). The van der Waals surface area contributed by atoms with Gasteiger partial charge in [-0.25, -0.2) is 0 Å². The van der Waals surface area contributed by atoms with Crippen molar-refractivity contribution in [2.75, 3.05) is 24.5 Å². The largest absolute Gasteiger partial charge is 0.417 e. The second kappa shape index (κ2) is 9.03. The van der Waals surface area contributed by atoms with Gasteiger partial charge >= 0.3 is 6.18 Å². The number of hydrogen-bond acceptors (Lipinski definition) is 4. The zero-order valence-corrected chi connectivity index (χ0v) is 20.5. The van der Waals surface area contributed by atoms with E-state index in [0.717, 1.165) is 25.3 Å². The summed E-state index contributed by atoms with van der Waals surface area (Å²) in [4.78, 5) is 29.8. The van der Waals surface area contributed by atoms with Crippen molar-refractivity contribution in [1.29, 1.82) is 5.26 Å². The Morgan fingerprint density at radius 1 is 1.20 bits per heavy atom. The number of piperidine rings is 1. The van der Waals surface area contributed by atoms with Gasteiger partial charge in [-0.15, -0.1) is 0 Å². The summed E-state index contributed by atoms with van der Waals surface area (Å²) in [7, 11) is 0. The van der Waals surface area contributed by atoms with Gasteiger partial charge in [-0.1, -0.05) is 20.8 Å². The quantitative estimate of drug-likeness (QED) is 0.660. The van der Waals surface area contributed by atoms with Crippen LogP contribution in [0.25, 0.3) is 0 Å². The van der Waals surface area contributed by atoms with E-state index < -0.39 is 28.8 Å². The Kier molecular flexibility index (Phi) is 6.54. The Morgan fingerprint density at radius 2 is 1.86 bits per heavy atom. The van der Waals surface area contributed by atoms with Crippen LogP contribution in [0.3, 0.4) is 0 Å². The lowest BCUT2D eigenvalue weighted by Crippen LogP contribution is -2.48. The number of amides is 2. The molecule has 0 radical (unpaired) electrons. The van der Waals surface area contributed by atoms with Crippen LogP contribution in [-0.2, 0) is 15.8 Å². The van der Waals surface area contributed by atoms with E-state index in [-0.39, 0.29) is 23.3 Å². The van der Waals surface area contributed by atoms with Crippen LogP contribution in [0.5, 0.6) is 0 Å². The Labute approximate surface area is 204 Å². The van der Waals surface area contributed by atoms with Gasteiger partial charge in [0.05, 0.1) is 17.2 Å². The van der Waals surface area contributed by atoms with E-state index in [4.69, 9.17) is 5.26 Å². The van der Waals surface area contributed by atoms with Gasteiger partial charge in [-0.05, 0) is 62.1 Å². The van der Waals surface area contributed by atoms with Crippen LogP contribution >= 0.6 is 0 Å². The first-order valence-electron chi connectivity index (χ1n) is 12.4. The van der Waals surface area contributed by atoms with E-state index in [1.807, 2.05) is 25.7 Å². The molecule has 1 atom stereocenters. The number of halogens is 3. The number of likely N-dealkylation sites (tertiary alicyclic amines) is 1. The number of carbonyl (C=O) groups excluding carboxylic acids is 2. The molecule has 35 heavy (non-hydrogen) atoms. The molecule has 1 aromatic rings. The van der Waals surface area contributed by atoms with Gasteiger partial charge in [0.15, 0.2) is 0 Å². The molecule has 1 unspecified atom stereocenters. The molecule has 4 rings (SSSR count). The average Bonchev–Trinajstić information content (AvgIpc) is 3.56. The van der Waals surface area contributed by atoms with Crippen LogP contribution in [-0.4, -0.2) is 48.4 Å². The summed E-state index contributed by atoms with van der Waals surface area (Å²) < 4.78 is 40.9. The molecule has 9 heteroatoms. The van der Waals surface area contributed by atoms with Gasteiger partial charge in [0.2, 0.25) is 11.8 Å². The monoisotopic (exact) mass is 490 g/mol. The summed E-state index contributed by atoms with van der Waals surface area (Å²) in [5, 5.41) is 12.2. The Bertz CT molecular complexity index is 1030. The molecule has 1 aromatic carbocycles. The minimum absolute atomic E-state index is 0.120. The van der Waals surface area contributed by atoms with Crippen LogP contribution < -0.4 is 10.2 Å². The van der Waals surface area contributed by atoms with E-state index in [9.17, 15) is 22.8 Å². The minimum Gasteiger partial charge on any atom is -0.359 e. The molecule has 2 heterocycles. The molecule has 1 N–H and O–H groups in total. The lowest BCUT2D eigenvalue weighted by molar-refractivity contribution is -0.143. The maximum atomic E-state index is 13.6. The second-order valence-corrected chi connectivity index (χ2v) is 11.0. The smallest absolute Gasteiger partial charge is 0.359 e. The second-order valence-electron chi connectivity index (χ2n) is 11.0. The molecule has 1 spiro atoms. The van der Waals surface area contributed by atoms with Gasteiger partial charge in [0, 0.05) is 36.8 Å². The normalized spacial score (nSPS) is 22.3. The molecule has 0 bridgehead atoms. The minimum atomic E-state index is -4.66. The SMILES string of the molecule is CCC(C)(C)C(=O)N1CCC2(CC1)CC(C(=O)NC1CC1)N(c1ccc(C#N)c(C(F)(F)F)c1)C2. The van der Waals surface area contributed by atoms with Crippen LogP contribution in [0.15, 0.2) is 18.2 Å². The van der Waals surface area contributed by atoms with Crippen molar-refractivity contribution in [1.82, 2.24) is 10.2 Å². The third kappa shape index (κ3) is 5.12. The third-order valence-electron chi connectivity index (χ3n) is 8.07. The van der Waals surface area contributed by atoms with Gasteiger partial charge in [-0.3, -0.25) is 9.59 Å². The molecule has 3 aliphatic rings. The number of anilines is 1. The Balaban J connectivity index is 1.59. The maximum absolute atomic E-state index is 13.6. The average molecular weight is 491 g/mol. The lowest BCUT2D eigenvalue weighted by atomic mass is 9.75. The number of nitrogens with one attached hydrogen (secondary N) is 1. The fourth-order valence-electron chi connectivity index (χ4n) is 5.26. The molecule has 2 aliphatic heterocycles. The molecule has 2 saturated heterocycles. The number of nitriles is 1. The van der Waals surface area contributed by atoms with E-state index >= 15 is 0 Å². The number of carbonyl (C=O) groups is 2. The summed E-state index contributed by atoms with van der Waals surface area (Å²) in [6.07, 6.45) is -0.152. The predicted octanol–water partition coefficient (Wildman–Crippen LogP) is 4.48. The predicted molar refractivity (Wildman–Crippen MR) is 125 cm³/mol. The zero-order chi connectivity index (χ0) is 25.6. The number of nitrogens with zero attached hydrogens (tertiary/aromatic N) is 3. The van der Waals surface area contributed by atoms with E-state index in [2.05, 4.69) is 5.32 Å². The van der Waals surface area contributed by atoms with E-state index in [1.165, 1.54) is 12.1 Å². The van der Waals surface area contributed by atoms with Gasteiger partial charge in [0.1, 0.15) is 6.04 Å².